The van der Waals surface area contributed by atoms with Crippen LogP contribution in [0, 0.1) is 0 Å². The molecule has 0 aromatic rings. The largest absolute Gasteiger partial charge is 0.480 e. The molecule has 0 radical (unpaired) electrons. The third kappa shape index (κ3) is 14.6. The van der Waals surface area contributed by atoms with Gasteiger partial charge in [0.2, 0.25) is 0 Å². The monoisotopic (exact) mass is 518 g/mol. The van der Waals surface area contributed by atoms with E-state index in [0.29, 0.717) is 0 Å². The Bertz CT molecular complexity index is 466. The van der Waals surface area contributed by atoms with Crippen LogP contribution < -0.4 is 0 Å². The van der Waals surface area contributed by atoms with E-state index in [2.05, 4.69) is 0 Å². The summed E-state index contributed by atoms with van der Waals surface area (Å²) in [4.78, 5) is 69.3. The zero-order valence-corrected chi connectivity index (χ0v) is 23.5. The van der Waals surface area contributed by atoms with Crippen molar-refractivity contribution in [3.8, 4) is 0 Å². The van der Waals surface area contributed by atoms with Gasteiger partial charge in [0.1, 0.15) is 0 Å². The van der Waals surface area contributed by atoms with Gasteiger partial charge >= 0.3 is 62.6 Å². The van der Waals surface area contributed by atoms with Crippen LogP contribution in [0.3, 0.4) is 0 Å². The van der Waals surface area contributed by atoms with Crippen molar-refractivity contribution in [1.82, 2.24) is 0 Å². The summed E-state index contributed by atoms with van der Waals surface area (Å²) in [7, 11) is -25.8. The molecule has 20 heteroatoms. The van der Waals surface area contributed by atoms with Crippen molar-refractivity contribution in [3.63, 3.8) is 0 Å². The van der Waals surface area contributed by atoms with Crippen LogP contribution >= 0.6 is 0 Å². The summed E-state index contributed by atoms with van der Waals surface area (Å²) in [6.07, 6.45) is 0. The van der Waals surface area contributed by atoms with Crippen molar-refractivity contribution in [2.75, 3.05) is 0 Å². The van der Waals surface area contributed by atoms with Gasteiger partial charge in [-0.3, -0.25) is 0 Å². The summed E-state index contributed by atoms with van der Waals surface area (Å²) in [6.45, 7) is 8.51. The van der Waals surface area contributed by atoms with Crippen LogP contribution in [0.2, 0.25) is 45.8 Å². The number of hydrogen-bond acceptors (Lipinski definition) is 13. The predicted molar refractivity (Wildman–Crippen MR) is 106 cm³/mol. The Labute approximate surface area is 166 Å². The van der Waals surface area contributed by atoms with Crippen LogP contribution in [-0.2, 0) is 24.7 Å². The van der Waals surface area contributed by atoms with E-state index in [9.17, 15) is 28.8 Å². The molecule has 6 atom stereocenters. The van der Waals surface area contributed by atoms with Crippen molar-refractivity contribution in [3.05, 3.63) is 0 Å². The molecule has 27 heavy (non-hydrogen) atoms. The van der Waals surface area contributed by atoms with E-state index in [1.165, 1.54) is 19.6 Å². The van der Waals surface area contributed by atoms with E-state index in [-0.39, 0.29) is 0 Å². The molecular formula is C7H30O13Si7. The predicted octanol–water partition coefficient (Wildman–Crippen LogP) is -3.42. The highest BCUT2D eigenvalue weighted by Crippen LogP contribution is 2.21. The zero-order valence-electron chi connectivity index (χ0n) is 16.2. The Morgan fingerprint density at radius 3 is 1.26 bits per heavy atom. The Morgan fingerprint density at radius 2 is 0.926 bits per heavy atom. The van der Waals surface area contributed by atoms with E-state index in [1.807, 2.05) is 0 Å². The van der Waals surface area contributed by atoms with E-state index in [4.69, 9.17) is 29.5 Å². The summed E-state index contributed by atoms with van der Waals surface area (Å²) in [5.74, 6) is 0. The minimum atomic E-state index is -4.26. The topological polar surface area (TPSA) is 197 Å². The maximum Gasteiger partial charge on any atom is 0.480 e. The molecule has 0 amide bonds. The summed E-state index contributed by atoms with van der Waals surface area (Å²) < 4.78 is 30.0. The standard InChI is InChI=1S/C7H30O13Si7/c1-21(8)15-22(9)16-24(4,11)18-26(6,13)20-27(7,14)19-25(5,12)17-23(2,3)10/h8-14,21-22H,1-7H3. The van der Waals surface area contributed by atoms with Gasteiger partial charge in [0.05, 0.1) is 0 Å². The van der Waals surface area contributed by atoms with Crippen molar-refractivity contribution >= 4 is 62.6 Å². The molecule has 0 heterocycles. The molecular weight excluding hydrogens is 489 g/mol. The number of rotatable bonds is 12. The lowest BCUT2D eigenvalue weighted by atomic mass is 11.9. The first kappa shape index (κ1) is 28.0. The van der Waals surface area contributed by atoms with E-state index >= 15 is 0 Å². The lowest BCUT2D eigenvalue weighted by Gasteiger charge is -2.36. The SMILES string of the molecule is C[SiH](O)O[SiH](O)O[Si](C)(O)O[Si](C)(O)O[Si](C)(O)O[Si](C)(O)O[Si](C)(C)O. The van der Waals surface area contributed by atoms with E-state index < -0.39 is 62.6 Å². The molecule has 13 nitrogen and oxygen atoms in total. The lowest BCUT2D eigenvalue weighted by molar-refractivity contribution is 0.114. The fraction of sp³-hybridized carbons (Fsp3) is 1.00. The molecule has 0 bridgehead atoms. The number of hydrogen-bond donors (Lipinski definition) is 7. The van der Waals surface area contributed by atoms with Gasteiger partial charge in [0, 0.05) is 26.2 Å². The second kappa shape index (κ2) is 9.87. The second-order valence-electron chi connectivity index (χ2n) is 6.61. The first-order chi connectivity index (χ1) is 11.6. The molecule has 0 aliphatic heterocycles. The molecule has 0 saturated carbocycles. The Kier molecular flexibility index (Phi) is 10.2. The Hall–Kier alpha value is 0.998. The van der Waals surface area contributed by atoms with Crippen LogP contribution in [0.4, 0.5) is 0 Å². The van der Waals surface area contributed by atoms with E-state index in [1.54, 1.807) is 0 Å². The molecule has 0 aliphatic rings. The smallest absolute Gasteiger partial charge is 0.413 e. The van der Waals surface area contributed by atoms with Crippen LogP contribution in [0.15, 0.2) is 0 Å². The average molecular weight is 519 g/mol. The molecule has 0 saturated heterocycles. The highest BCUT2D eigenvalue weighted by Gasteiger charge is 2.53. The molecule has 6 unspecified atom stereocenters. The molecule has 164 valence electrons. The molecule has 0 rings (SSSR count). The summed E-state index contributed by atoms with van der Waals surface area (Å²) in [5.41, 5.74) is 0. The van der Waals surface area contributed by atoms with Gasteiger partial charge in [-0.15, -0.1) is 0 Å². The molecule has 0 fully saturated rings. The van der Waals surface area contributed by atoms with Gasteiger partial charge in [-0.25, -0.2) is 0 Å². The summed E-state index contributed by atoms with van der Waals surface area (Å²) in [6, 6.07) is 0. The highest BCUT2D eigenvalue weighted by atomic mass is 28.5. The molecule has 0 spiro atoms. The van der Waals surface area contributed by atoms with Crippen LogP contribution in [0.25, 0.3) is 0 Å². The van der Waals surface area contributed by atoms with Gasteiger partial charge < -0.3 is 58.3 Å². The third-order valence-electron chi connectivity index (χ3n) is 2.21. The van der Waals surface area contributed by atoms with Crippen molar-refractivity contribution in [2.45, 2.75) is 45.8 Å². The quantitative estimate of drug-likeness (QED) is 0.126. The van der Waals surface area contributed by atoms with Crippen LogP contribution in [0.1, 0.15) is 0 Å². The van der Waals surface area contributed by atoms with Crippen molar-refractivity contribution in [2.24, 2.45) is 0 Å². The minimum Gasteiger partial charge on any atom is -0.413 e. The lowest BCUT2D eigenvalue weighted by Crippen LogP contribution is -2.63. The van der Waals surface area contributed by atoms with Gasteiger partial charge in [0.15, 0.2) is 0 Å². The van der Waals surface area contributed by atoms with Gasteiger partial charge in [-0.2, -0.15) is 0 Å². The molecule has 0 aliphatic carbocycles. The fourth-order valence-corrected chi connectivity index (χ4v) is 19.9. The average Bonchev–Trinajstić information content (AvgIpc) is 2.14. The normalized spacial score (nSPS) is 24.2. The first-order valence-corrected chi connectivity index (χ1v) is 23.3. The van der Waals surface area contributed by atoms with Crippen molar-refractivity contribution in [1.29, 1.82) is 0 Å². The van der Waals surface area contributed by atoms with Crippen LogP contribution in [0.5, 0.6) is 0 Å². The van der Waals surface area contributed by atoms with Crippen LogP contribution in [-0.4, -0.2) is 96.2 Å². The van der Waals surface area contributed by atoms with Gasteiger partial charge in [-0.05, 0) is 19.6 Å². The minimum absolute atomic E-state index is 1.06. The Balaban J connectivity index is 4.95. The second-order valence-corrected chi connectivity index (χ2v) is 23.8. The first-order valence-electron chi connectivity index (χ1n) is 7.76. The molecule has 7 N–H and O–H groups in total. The van der Waals surface area contributed by atoms with Crippen molar-refractivity contribution < 1.29 is 58.3 Å². The van der Waals surface area contributed by atoms with Gasteiger partial charge in [-0.1, -0.05) is 0 Å². The highest BCUT2D eigenvalue weighted by molar-refractivity contribution is 6.84. The molecule has 0 aromatic carbocycles. The van der Waals surface area contributed by atoms with E-state index in [0.717, 1.165) is 26.2 Å². The zero-order chi connectivity index (χ0) is 21.9. The third-order valence-corrected chi connectivity index (χ3v) is 19.9. The van der Waals surface area contributed by atoms with Gasteiger partial charge in [0.25, 0.3) is 0 Å². The maximum atomic E-state index is 10.3. The Morgan fingerprint density at radius 1 is 0.593 bits per heavy atom. The summed E-state index contributed by atoms with van der Waals surface area (Å²) >= 11 is 0. The fourth-order valence-electron chi connectivity index (χ4n) is 1.99. The maximum absolute atomic E-state index is 10.3. The molecule has 0 aromatic heterocycles. The summed E-state index contributed by atoms with van der Waals surface area (Å²) in [5, 5.41) is 0.